The van der Waals surface area contributed by atoms with Crippen LogP contribution in [0.15, 0.2) is 0 Å². The van der Waals surface area contributed by atoms with Crippen molar-refractivity contribution < 1.29 is 9.53 Å². The standard InChI is InChI=1S/C13H21N3O2S/c1-4-18-13(17)12-15-14-9(2)16(12)10-6-5-7-11(8-10)19-3/h10-11H,4-8H2,1-3H3. The molecule has 1 aromatic heterocycles. The molecule has 19 heavy (non-hydrogen) atoms. The van der Waals surface area contributed by atoms with Crippen molar-refractivity contribution in [2.24, 2.45) is 0 Å². The number of hydrogen-bond acceptors (Lipinski definition) is 5. The molecule has 2 rings (SSSR count). The largest absolute Gasteiger partial charge is 0.460 e. The van der Waals surface area contributed by atoms with Crippen molar-refractivity contribution in [3.05, 3.63) is 11.6 Å². The fraction of sp³-hybridized carbons (Fsp3) is 0.769. The Labute approximate surface area is 118 Å². The molecule has 1 fully saturated rings. The monoisotopic (exact) mass is 283 g/mol. The summed E-state index contributed by atoms with van der Waals surface area (Å²) in [5.41, 5.74) is 0. The molecule has 6 heteroatoms. The van der Waals surface area contributed by atoms with E-state index in [0.29, 0.717) is 23.7 Å². The number of rotatable bonds is 4. The Morgan fingerprint density at radius 1 is 1.47 bits per heavy atom. The lowest BCUT2D eigenvalue weighted by molar-refractivity contribution is 0.0501. The molecule has 0 radical (unpaired) electrons. The van der Waals surface area contributed by atoms with Gasteiger partial charge >= 0.3 is 5.97 Å². The third-order valence-corrected chi connectivity index (χ3v) is 4.72. The number of aromatic nitrogens is 3. The molecule has 0 spiro atoms. The molecule has 0 bridgehead atoms. The number of hydrogen-bond donors (Lipinski definition) is 0. The van der Waals surface area contributed by atoms with E-state index >= 15 is 0 Å². The number of esters is 1. The highest BCUT2D eigenvalue weighted by molar-refractivity contribution is 7.99. The van der Waals surface area contributed by atoms with E-state index in [0.717, 1.165) is 18.7 Å². The van der Waals surface area contributed by atoms with Crippen LogP contribution in [0.2, 0.25) is 0 Å². The van der Waals surface area contributed by atoms with Crippen molar-refractivity contribution in [2.45, 2.75) is 50.8 Å². The van der Waals surface area contributed by atoms with Gasteiger partial charge in [0.05, 0.1) is 6.61 Å². The summed E-state index contributed by atoms with van der Waals surface area (Å²) < 4.78 is 7.03. The minimum Gasteiger partial charge on any atom is -0.460 e. The summed E-state index contributed by atoms with van der Waals surface area (Å²) in [6.07, 6.45) is 6.76. The second-order valence-corrected chi connectivity index (χ2v) is 5.98. The highest BCUT2D eigenvalue weighted by atomic mass is 32.2. The third kappa shape index (κ3) is 3.11. The molecule has 1 aliphatic rings. The maximum Gasteiger partial charge on any atom is 0.376 e. The van der Waals surface area contributed by atoms with Gasteiger partial charge in [-0.3, -0.25) is 0 Å². The zero-order valence-corrected chi connectivity index (χ0v) is 12.6. The predicted molar refractivity (Wildman–Crippen MR) is 75.5 cm³/mol. The predicted octanol–water partition coefficient (Wildman–Crippen LogP) is 2.61. The normalized spacial score (nSPS) is 23.3. The molecule has 2 atom stereocenters. The molecule has 106 valence electrons. The van der Waals surface area contributed by atoms with Crippen LogP contribution in [-0.2, 0) is 4.74 Å². The van der Waals surface area contributed by atoms with E-state index in [2.05, 4.69) is 16.5 Å². The van der Waals surface area contributed by atoms with Crippen molar-refractivity contribution in [1.29, 1.82) is 0 Å². The van der Waals surface area contributed by atoms with Gasteiger partial charge in [-0.25, -0.2) is 4.79 Å². The van der Waals surface area contributed by atoms with E-state index < -0.39 is 0 Å². The second kappa shape index (κ2) is 6.41. The van der Waals surface area contributed by atoms with E-state index in [9.17, 15) is 4.79 Å². The van der Waals surface area contributed by atoms with Gasteiger partial charge in [0.25, 0.3) is 0 Å². The molecular weight excluding hydrogens is 262 g/mol. The first-order chi connectivity index (χ1) is 9.17. The second-order valence-electron chi connectivity index (χ2n) is 4.84. The van der Waals surface area contributed by atoms with Crippen molar-refractivity contribution in [1.82, 2.24) is 14.8 Å². The van der Waals surface area contributed by atoms with E-state index in [1.807, 2.05) is 23.3 Å². The zero-order chi connectivity index (χ0) is 13.8. The van der Waals surface area contributed by atoms with Gasteiger partial charge in [0.1, 0.15) is 5.82 Å². The molecule has 0 N–H and O–H groups in total. The van der Waals surface area contributed by atoms with Crippen LogP contribution in [-0.4, -0.2) is 38.8 Å². The van der Waals surface area contributed by atoms with Crippen LogP contribution >= 0.6 is 11.8 Å². The van der Waals surface area contributed by atoms with Gasteiger partial charge in [-0.2, -0.15) is 11.8 Å². The third-order valence-electron chi connectivity index (χ3n) is 3.62. The Bertz CT molecular complexity index is 447. The first kappa shape index (κ1) is 14.4. The van der Waals surface area contributed by atoms with Crippen LogP contribution in [0.5, 0.6) is 0 Å². The molecular formula is C13H21N3O2S. The molecule has 2 unspecified atom stereocenters. The lowest BCUT2D eigenvalue weighted by Gasteiger charge is -2.29. The first-order valence-corrected chi connectivity index (χ1v) is 8.07. The summed E-state index contributed by atoms with van der Waals surface area (Å²) in [5.74, 6) is 0.787. The minimum atomic E-state index is -0.366. The smallest absolute Gasteiger partial charge is 0.376 e. The highest BCUT2D eigenvalue weighted by Gasteiger charge is 2.28. The number of nitrogens with zero attached hydrogens (tertiary/aromatic N) is 3. The topological polar surface area (TPSA) is 57.0 Å². The average molecular weight is 283 g/mol. The zero-order valence-electron chi connectivity index (χ0n) is 11.8. The SMILES string of the molecule is CCOC(=O)c1nnc(C)n1C1CCCC(SC)C1. The molecule has 0 aromatic carbocycles. The Morgan fingerprint density at radius 2 is 2.26 bits per heavy atom. The Balaban J connectivity index is 2.23. The number of ether oxygens (including phenoxy) is 1. The molecule has 0 saturated heterocycles. The van der Waals surface area contributed by atoms with Crippen molar-refractivity contribution in [2.75, 3.05) is 12.9 Å². The van der Waals surface area contributed by atoms with Gasteiger partial charge in [0, 0.05) is 11.3 Å². The lowest BCUT2D eigenvalue weighted by atomic mass is 9.94. The summed E-state index contributed by atoms with van der Waals surface area (Å²) in [4.78, 5) is 11.9. The first-order valence-electron chi connectivity index (χ1n) is 6.78. The van der Waals surface area contributed by atoms with E-state index in [-0.39, 0.29) is 5.97 Å². The Hall–Kier alpha value is -1.04. The molecule has 1 aromatic rings. The van der Waals surface area contributed by atoms with E-state index in [1.54, 1.807) is 6.92 Å². The van der Waals surface area contributed by atoms with Crippen LogP contribution in [0.25, 0.3) is 0 Å². The Morgan fingerprint density at radius 3 is 2.95 bits per heavy atom. The number of thioether (sulfide) groups is 1. The summed E-state index contributed by atoms with van der Waals surface area (Å²) in [5, 5.41) is 8.71. The van der Waals surface area contributed by atoms with Crippen LogP contribution < -0.4 is 0 Å². The highest BCUT2D eigenvalue weighted by Crippen LogP contribution is 2.35. The molecule has 0 aliphatic heterocycles. The molecule has 1 saturated carbocycles. The van der Waals surface area contributed by atoms with Gasteiger partial charge in [-0.1, -0.05) is 6.42 Å². The summed E-state index contributed by atoms with van der Waals surface area (Å²) in [6.45, 7) is 4.07. The minimum absolute atomic E-state index is 0.320. The number of aryl methyl sites for hydroxylation is 1. The number of carbonyl (C=O) groups excluding carboxylic acids is 1. The van der Waals surface area contributed by atoms with E-state index in [1.165, 1.54) is 12.8 Å². The molecule has 1 heterocycles. The van der Waals surface area contributed by atoms with Crippen LogP contribution in [0.1, 0.15) is 55.1 Å². The quantitative estimate of drug-likeness (QED) is 0.795. The fourth-order valence-electron chi connectivity index (χ4n) is 2.71. The summed E-state index contributed by atoms with van der Waals surface area (Å²) in [6, 6.07) is 0.320. The molecule has 5 nitrogen and oxygen atoms in total. The van der Waals surface area contributed by atoms with Crippen molar-refractivity contribution >= 4 is 17.7 Å². The maximum absolute atomic E-state index is 11.9. The summed E-state index contributed by atoms with van der Waals surface area (Å²) >= 11 is 1.91. The van der Waals surface area contributed by atoms with E-state index in [4.69, 9.17) is 4.74 Å². The lowest BCUT2D eigenvalue weighted by Crippen LogP contribution is -2.25. The Kier molecular flexibility index (Phi) is 4.85. The van der Waals surface area contributed by atoms with Crippen molar-refractivity contribution in [3.63, 3.8) is 0 Å². The molecule has 1 aliphatic carbocycles. The van der Waals surface area contributed by atoms with Crippen LogP contribution in [0.3, 0.4) is 0 Å². The maximum atomic E-state index is 11.9. The van der Waals surface area contributed by atoms with Crippen LogP contribution in [0.4, 0.5) is 0 Å². The van der Waals surface area contributed by atoms with Gasteiger partial charge in [-0.05, 0) is 39.4 Å². The van der Waals surface area contributed by atoms with Crippen molar-refractivity contribution in [3.8, 4) is 0 Å². The average Bonchev–Trinajstić information content (AvgIpc) is 2.81. The fourth-order valence-corrected chi connectivity index (χ4v) is 3.53. The van der Waals surface area contributed by atoms with Gasteiger partial charge < -0.3 is 9.30 Å². The van der Waals surface area contributed by atoms with Gasteiger partial charge in [-0.15, -0.1) is 10.2 Å². The summed E-state index contributed by atoms with van der Waals surface area (Å²) in [7, 11) is 0. The van der Waals surface area contributed by atoms with Gasteiger partial charge in [0.15, 0.2) is 0 Å². The molecule has 0 amide bonds. The van der Waals surface area contributed by atoms with Gasteiger partial charge in [0.2, 0.25) is 5.82 Å². The number of carbonyl (C=O) groups is 1. The van der Waals surface area contributed by atoms with Crippen LogP contribution in [0, 0.1) is 6.92 Å².